The van der Waals surface area contributed by atoms with Crippen LogP contribution in [-0.2, 0) is 4.74 Å². The van der Waals surface area contributed by atoms with E-state index >= 15 is 0 Å². The van der Waals surface area contributed by atoms with Gasteiger partial charge in [-0.15, -0.1) is 0 Å². The molecular weight excluding hydrogens is 168 g/mol. The summed E-state index contributed by atoms with van der Waals surface area (Å²) < 4.78 is 27.5. The van der Waals surface area contributed by atoms with Gasteiger partial charge in [0.15, 0.2) is 6.61 Å². The first-order valence-corrected chi connectivity index (χ1v) is 3.71. The molecule has 0 saturated carbocycles. The number of halogens is 2. The van der Waals surface area contributed by atoms with Gasteiger partial charge in [-0.3, -0.25) is 0 Å². The Balaban J connectivity index is 2.18. The highest BCUT2D eigenvalue weighted by Crippen LogP contribution is 2.08. The number of carbonyl (C=O) groups excluding carboxylic acids is 1. The molecule has 0 N–H and O–H groups in total. The molecule has 0 spiro atoms. The molecule has 1 aliphatic rings. The molecule has 0 atom stereocenters. The standard InChI is InChI=1S/C7H10F2NO2/c8-6(9)5-12-7(11)10-3-1-2-4-10/h1,6H,2-5H2. The molecule has 1 rings (SSSR count). The van der Waals surface area contributed by atoms with Crippen LogP contribution >= 0.6 is 0 Å². The molecular formula is C7H10F2NO2. The Kier molecular flexibility index (Phi) is 3.25. The van der Waals surface area contributed by atoms with Crippen LogP contribution in [0.4, 0.5) is 13.6 Å². The van der Waals surface area contributed by atoms with Gasteiger partial charge in [-0.2, -0.15) is 0 Å². The summed E-state index contributed by atoms with van der Waals surface area (Å²) in [6, 6.07) is 0. The Morgan fingerprint density at radius 3 is 2.92 bits per heavy atom. The highest BCUT2D eigenvalue weighted by atomic mass is 19.3. The molecule has 5 heteroatoms. The smallest absolute Gasteiger partial charge is 0.409 e. The largest absolute Gasteiger partial charge is 0.443 e. The molecule has 12 heavy (non-hydrogen) atoms. The van der Waals surface area contributed by atoms with Gasteiger partial charge in [0.05, 0.1) is 0 Å². The van der Waals surface area contributed by atoms with Crippen molar-refractivity contribution in [2.45, 2.75) is 12.8 Å². The van der Waals surface area contributed by atoms with Crippen molar-refractivity contribution in [3.8, 4) is 0 Å². The van der Waals surface area contributed by atoms with E-state index in [2.05, 4.69) is 4.74 Å². The van der Waals surface area contributed by atoms with E-state index in [0.717, 1.165) is 6.42 Å². The van der Waals surface area contributed by atoms with E-state index in [9.17, 15) is 13.6 Å². The van der Waals surface area contributed by atoms with E-state index in [1.165, 1.54) is 4.90 Å². The molecule has 69 valence electrons. The number of amides is 1. The van der Waals surface area contributed by atoms with E-state index in [-0.39, 0.29) is 0 Å². The second kappa shape index (κ2) is 4.23. The zero-order valence-corrected chi connectivity index (χ0v) is 6.50. The van der Waals surface area contributed by atoms with Crippen molar-refractivity contribution < 1.29 is 18.3 Å². The van der Waals surface area contributed by atoms with Crippen LogP contribution < -0.4 is 0 Å². The predicted molar refractivity (Wildman–Crippen MR) is 37.8 cm³/mol. The molecule has 0 bridgehead atoms. The Bertz CT molecular complexity index is 157. The number of likely N-dealkylation sites (tertiary alicyclic amines) is 1. The van der Waals surface area contributed by atoms with Crippen molar-refractivity contribution in [1.82, 2.24) is 4.90 Å². The molecule has 0 unspecified atom stereocenters. The molecule has 1 saturated heterocycles. The maximum Gasteiger partial charge on any atom is 0.409 e. The van der Waals surface area contributed by atoms with E-state index < -0.39 is 19.1 Å². The zero-order valence-electron chi connectivity index (χ0n) is 6.50. The van der Waals surface area contributed by atoms with Gasteiger partial charge in [-0.1, -0.05) is 0 Å². The number of rotatable bonds is 2. The van der Waals surface area contributed by atoms with Crippen molar-refractivity contribution >= 4 is 6.09 Å². The van der Waals surface area contributed by atoms with E-state index in [0.29, 0.717) is 13.1 Å². The quantitative estimate of drug-likeness (QED) is 0.637. The SMILES string of the molecule is O=C(OCC(F)F)N1C[CH]CC1. The fourth-order valence-electron chi connectivity index (χ4n) is 0.977. The minimum atomic E-state index is -2.58. The minimum absolute atomic E-state index is 0.502. The normalized spacial score (nSPS) is 17.1. The fraction of sp³-hybridized carbons (Fsp3) is 0.714. The molecule has 0 aromatic rings. The first-order valence-electron chi connectivity index (χ1n) is 3.71. The second-order valence-electron chi connectivity index (χ2n) is 2.49. The molecule has 0 aromatic carbocycles. The molecule has 1 fully saturated rings. The molecule has 1 amide bonds. The van der Waals surface area contributed by atoms with Crippen LogP contribution in [0.25, 0.3) is 0 Å². The first kappa shape index (κ1) is 9.22. The number of ether oxygens (including phenoxy) is 1. The summed E-state index contributed by atoms with van der Waals surface area (Å²) in [4.78, 5) is 12.3. The summed E-state index contributed by atoms with van der Waals surface area (Å²) in [5, 5.41) is 0. The van der Waals surface area contributed by atoms with Crippen molar-refractivity contribution in [3.05, 3.63) is 6.42 Å². The lowest BCUT2D eigenvalue weighted by atomic mass is 10.4. The van der Waals surface area contributed by atoms with Crippen LogP contribution in [0.1, 0.15) is 6.42 Å². The molecule has 1 aliphatic heterocycles. The maximum atomic E-state index is 11.6. The lowest BCUT2D eigenvalue weighted by molar-refractivity contribution is 0.0351. The van der Waals surface area contributed by atoms with E-state index in [4.69, 9.17) is 0 Å². The third-order valence-electron chi connectivity index (χ3n) is 1.54. The highest BCUT2D eigenvalue weighted by molar-refractivity contribution is 5.68. The summed E-state index contributed by atoms with van der Waals surface area (Å²) in [5.74, 6) is 0. The number of carbonyl (C=O) groups is 1. The average Bonchev–Trinajstić information content (AvgIpc) is 2.51. The van der Waals surface area contributed by atoms with Gasteiger partial charge in [0.1, 0.15) is 0 Å². The summed E-state index contributed by atoms with van der Waals surface area (Å²) in [7, 11) is 0. The van der Waals surface area contributed by atoms with Crippen molar-refractivity contribution in [1.29, 1.82) is 0 Å². The highest BCUT2D eigenvalue weighted by Gasteiger charge is 2.20. The van der Waals surface area contributed by atoms with Crippen LogP contribution in [0.5, 0.6) is 0 Å². The number of alkyl halides is 2. The van der Waals surface area contributed by atoms with Gasteiger partial charge >= 0.3 is 6.09 Å². The van der Waals surface area contributed by atoms with E-state index in [1.807, 2.05) is 6.42 Å². The molecule has 1 radical (unpaired) electrons. The van der Waals surface area contributed by atoms with Gasteiger partial charge in [-0.05, 0) is 12.8 Å². The molecule has 3 nitrogen and oxygen atoms in total. The Labute approximate surface area is 69.3 Å². The second-order valence-corrected chi connectivity index (χ2v) is 2.49. The molecule has 1 heterocycles. The van der Waals surface area contributed by atoms with Gasteiger partial charge in [0.2, 0.25) is 0 Å². The van der Waals surface area contributed by atoms with Gasteiger partial charge in [-0.25, -0.2) is 13.6 Å². The van der Waals surface area contributed by atoms with Crippen LogP contribution in [0.3, 0.4) is 0 Å². The summed E-state index contributed by atoms with van der Waals surface area (Å²) >= 11 is 0. The van der Waals surface area contributed by atoms with Gasteiger partial charge in [0, 0.05) is 13.1 Å². The lowest BCUT2D eigenvalue weighted by Gasteiger charge is -2.14. The maximum absolute atomic E-state index is 11.6. The number of hydrogen-bond donors (Lipinski definition) is 0. The predicted octanol–water partition coefficient (Wildman–Crippen LogP) is 1.30. The lowest BCUT2D eigenvalue weighted by Crippen LogP contribution is -2.29. The van der Waals surface area contributed by atoms with Crippen LogP contribution in [0.2, 0.25) is 0 Å². The molecule has 0 aliphatic carbocycles. The summed E-state index contributed by atoms with van der Waals surface area (Å²) in [6.45, 7) is 0.263. The van der Waals surface area contributed by atoms with Crippen LogP contribution in [0.15, 0.2) is 0 Å². The number of nitrogens with zero attached hydrogens (tertiary/aromatic N) is 1. The van der Waals surface area contributed by atoms with Crippen molar-refractivity contribution in [3.63, 3.8) is 0 Å². The minimum Gasteiger partial charge on any atom is -0.443 e. The topological polar surface area (TPSA) is 29.5 Å². The van der Waals surface area contributed by atoms with Gasteiger partial charge in [0.25, 0.3) is 6.43 Å². The third-order valence-corrected chi connectivity index (χ3v) is 1.54. The number of hydrogen-bond acceptors (Lipinski definition) is 2. The first-order chi connectivity index (χ1) is 5.70. The van der Waals surface area contributed by atoms with Crippen molar-refractivity contribution in [2.75, 3.05) is 19.7 Å². The van der Waals surface area contributed by atoms with Gasteiger partial charge < -0.3 is 9.64 Å². The van der Waals surface area contributed by atoms with Crippen LogP contribution in [0, 0.1) is 6.42 Å². The average molecular weight is 178 g/mol. The Morgan fingerprint density at radius 1 is 1.67 bits per heavy atom. The summed E-state index contributed by atoms with van der Waals surface area (Å²) in [5.41, 5.74) is 0. The fourth-order valence-corrected chi connectivity index (χ4v) is 0.977. The Morgan fingerprint density at radius 2 is 2.42 bits per heavy atom. The van der Waals surface area contributed by atoms with Crippen LogP contribution in [-0.4, -0.2) is 37.1 Å². The summed E-state index contributed by atoms with van der Waals surface area (Å²) in [6.07, 6.45) is -0.516. The van der Waals surface area contributed by atoms with Crippen molar-refractivity contribution in [2.24, 2.45) is 0 Å². The molecule has 0 aromatic heterocycles. The van der Waals surface area contributed by atoms with E-state index in [1.54, 1.807) is 0 Å². The third kappa shape index (κ3) is 2.64. The zero-order chi connectivity index (χ0) is 8.97. The Hall–Kier alpha value is -0.870. The monoisotopic (exact) mass is 178 g/mol.